The Bertz CT molecular complexity index is 693. The van der Waals surface area contributed by atoms with E-state index in [9.17, 15) is 0 Å². The highest BCUT2D eigenvalue weighted by Crippen LogP contribution is 2.32. The quantitative estimate of drug-likeness (QED) is 0.133. The summed E-state index contributed by atoms with van der Waals surface area (Å²) in [7, 11) is 0. The van der Waals surface area contributed by atoms with Crippen LogP contribution in [-0.2, 0) is 6.42 Å². The molecule has 0 aliphatic carbocycles. The van der Waals surface area contributed by atoms with Crippen LogP contribution in [0.4, 0.5) is 0 Å². The van der Waals surface area contributed by atoms with Gasteiger partial charge in [0.05, 0.1) is 6.33 Å². The number of hydrogen-bond donors (Lipinski definition) is 0. The van der Waals surface area contributed by atoms with Crippen molar-refractivity contribution < 1.29 is 0 Å². The second-order valence-corrected chi connectivity index (χ2v) is 11.3. The summed E-state index contributed by atoms with van der Waals surface area (Å²) < 4.78 is 2.42. The molecule has 0 radical (unpaired) electrons. The monoisotopic (exact) mass is 494 g/mol. The molecule has 1 heterocycles. The average Bonchev–Trinajstić information content (AvgIpc) is 3.44. The summed E-state index contributed by atoms with van der Waals surface area (Å²) >= 11 is 0. The van der Waals surface area contributed by atoms with Crippen molar-refractivity contribution in [2.24, 2.45) is 5.92 Å². The van der Waals surface area contributed by atoms with Crippen LogP contribution in [-0.4, -0.2) is 9.55 Å². The lowest BCUT2D eigenvalue weighted by Crippen LogP contribution is -2.21. The fraction of sp³-hybridized carbons (Fsp3) is 0.735. The van der Waals surface area contributed by atoms with E-state index >= 15 is 0 Å². The number of nitrogens with zero attached hydrogens (tertiary/aromatic N) is 2. The van der Waals surface area contributed by atoms with Gasteiger partial charge in [-0.2, -0.15) is 0 Å². The minimum atomic E-state index is 0.575. The average molecular weight is 495 g/mol. The lowest BCUT2D eigenvalue weighted by atomic mass is 9.84. The molecule has 2 nitrogen and oxygen atoms in total. The van der Waals surface area contributed by atoms with Gasteiger partial charge in [-0.3, -0.25) is 0 Å². The van der Waals surface area contributed by atoms with Gasteiger partial charge < -0.3 is 4.57 Å². The molecule has 36 heavy (non-hydrogen) atoms. The van der Waals surface area contributed by atoms with Crippen LogP contribution in [0.5, 0.6) is 0 Å². The smallest absolute Gasteiger partial charge is 0.0948 e. The van der Waals surface area contributed by atoms with Crippen LogP contribution in [0.1, 0.15) is 154 Å². The first-order valence-electron chi connectivity index (χ1n) is 15.9. The van der Waals surface area contributed by atoms with E-state index in [4.69, 9.17) is 0 Å². The Hall–Kier alpha value is -1.57. The largest absolute Gasteiger partial charge is 0.334 e. The SMILES string of the molecule is CCCCCCCCCCCCCCCCC(Cc1ccccc1)C(CCCCCC)n1ccnc1. The molecule has 0 aliphatic heterocycles. The Balaban J connectivity index is 1.70. The highest BCUT2D eigenvalue weighted by atomic mass is 15.1. The van der Waals surface area contributed by atoms with Gasteiger partial charge in [-0.1, -0.05) is 160 Å². The van der Waals surface area contributed by atoms with Crippen LogP contribution in [0.3, 0.4) is 0 Å². The molecular weight excluding hydrogens is 436 g/mol. The van der Waals surface area contributed by atoms with Crippen LogP contribution >= 0.6 is 0 Å². The van der Waals surface area contributed by atoms with E-state index in [1.165, 1.54) is 140 Å². The molecule has 0 aliphatic rings. The molecule has 0 amide bonds. The van der Waals surface area contributed by atoms with Crippen molar-refractivity contribution in [3.05, 3.63) is 54.6 Å². The zero-order chi connectivity index (χ0) is 25.5. The van der Waals surface area contributed by atoms with E-state index in [0.29, 0.717) is 12.0 Å². The normalized spacial score (nSPS) is 13.2. The van der Waals surface area contributed by atoms with Crippen molar-refractivity contribution in [2.75, 3.05) is 0 Å². The summed E-state index contributed by atoms with van der Waals surface area (Å²) in [6.07, 6.45) is 35.4. The van der Waals surface area contributed by atoms with E-state index in [2.05, 4.69) is 66.3 Å². The van der Waals surface area contributed by atoms with Crippen molar-refractivity contribution in [3.8, 4) is 0 Å². The third kappa shape index (κ3) is 14.2. The first-order chi connectivity index (χ1) is 17.8. The predicted molar refractivity (Wildman–Crippen MR) is 159 cm³/mol. The molecule has 0 fully saturated rings. The van der Waals surface area contributed by atoms with Crippen molar-refractivity contribution >= 4 is 0 Å². The molecule has 0 N–H and O–H groups in total. The Morgan fingerprint density at radius 2 is 1.11 bits per heavy atom. The maximum absolute atomic E-state index is 4.41. The van der Waals surface area contributed by atoms with Crippen LogP contribution in [0.25, 0.3) is 0 Å². The molecule has 204 valence electrons. The summed E-state index contributed by atoms with van der Waals surface area (Å²) in [5.41, 5.74) is 1.49. The second-order valence-electron chi connectivity index (χ2n) is 11.3. The first kappa shape index (κ1) is 30.7. The number of unbranched alkanes of at least 4 members (excludes halogenated alkanes) is 16. The summed E-state index contributed by atoms with van der Waals surface area (Å²) in [6, 6.07) is 11.8. The molecule has 1 aromatic carbocycles. The summed E-state index contributed by atoms with van der Waals surface area (Å²) in [5, 5.41) is 0. The van der Waals surface area contributed by atoms with Crippen LogP contribution in [0.2, 0.25) is 0 Å². The third-order valence-corrected chi connectivity index (χ3v) is 8.07. The third-order valence-electron chi connectivity index (χ3n) is 8.07. The van der Waals surface area contributed by atoms with Gasteiger partial charge in [-0.25, -0.2) is 4.98 Å². The van der Waals surface area contributed by atoms with Crippen LogP contribution in [0.15, 0.2) is 49.1 Å². The number of rotatable bonds is 24. The zero-order valence-corrected chi connectivity index (χ0v) is 24.0. The molecule has 0 bridgehead atoms. The highest BCUT2D eigenvalue weighted by Gasteiger charge is 2.23. The number of aromatic nitrogens is 2. The second kappa shape index (κ2) is 21.5. The Morgan fingerprint density at radius 1 is 0.611 bits per heavy atom. The standard InChI is InChI=1S/C34H58N2/c1-3-5-7-9-10-11-12-13-14-15-16-17-18-22-26-33(30-32-24-20-19-21-25-32)34(27-23-8-6-4-2)36-29-28-35-31-36/h19-21,24-25,28-29,31,33-34H,3-18,22-23,26-27,30H2,1-2H3. The van der Waals surface area contributed by atoms with Gasteiger partial charge in [-0.15, -0.1) is 0 Å². The Kier molecular flexibility index (Phi) is 18.3. The van der Waals surface area contributed by atoms with Gasteiger partial charge in [0.25, 0.3) is 0 Å². The maximum atomic E-state index is 4.41. The maximum Gasteiger partial charge on any atom is 0.0948 e. The summed E-state index contributed by atoms with van der Waals surface area (Å²) in [4.78, 5) is 4.41. The molecule has 2 rings (SSSR count). The lowest BCUT2D eigenvalue weighted by molar-refractivity contribution is 0.275. The summed E-state index contributed by atoms with van der Waals surface area (Å²) in [5.74, 6) is 0.695. The van der Waals surface area contributed by atoms with Crippen molar-refractivity contribution in [1.29, 1.82) is 0 Å². The van der Waals surface area contributed by atoms with E-state index < -0.39 is 0 Å². The molecule has 1 aromatic heterocycles. The zero-order valence-electron chi connectivity index (χ0n) is 24.0. The molecular formula is C34H58N2. The predicted octanol–water partition coefficient (Wildman–Crippen LogP) is 11.1. The molecule has 0 saturated carbocycles. The van der Waals surface area contributed by atoms with Gasteiger partial charge >= 0.3 is 0 Å². The van der Waals surface area contributed by atoms with Crippen molar-refractivity contribution in [2.45, 2.75) is 155 Å². The fourth-order valence-corrected chi connectivity index (χ4v) is 5.82. The highest BCUT2D eigenvalue weighted by molar-refractivity contribution is 5.15. The Labute approximate surface area is 224 Å². The fourth-order valence-electron chi connectivity index (χ4n) is 5.82. The van der Waals surface area contributed by atoms with Gasteiger partial charge in [0, 0.05) is 18.4 Å². The van der Waals surface area contributed by atoms with Crippen LogP contribution in [0, 0.1) is 5.92 Å². The lowest BCUT2D eigenvalue weighted by Gasteiger charge is -2.29. The first-order valence-corrected chi connectivity index (χ1v) is 15.9. The van der Waals surface area contributed by atoms with Crippen molar-refractivity contribution in [3.63, 3.8) is 0 Å². The Morgan fingerprint density at radius 3 is 1.64 bits per heavy atom. The molecule has 0 saturated heterocycles. The molecule has 2 unspecified atom stereocenters. The minimum Gasteiger partial charge on any atom is -0.334 e. The van der Waals surface area contributed by atoms with Gasteiger partial charge in [-0.05, 0) is 30.7 Å². The molecule has 2 heteroatoms. The molecule has 2 aromatic rings. The van der Waals surface area contributed by atoms with E-state index in [1.54, 1.807) is 0 Å². The number of benzene rings is 1. The van der Waals surface area contributed by atoms with Crippen LogP contribution < -0.4 is 0 Å². The molecule has 0 spiro atoms. The van der Waals surface area contributed by atoms with Gasteiger partial charge in [0.1, 0.15) is 0 Å². The molecule has 2 atom stereocenters. The summed E-state index contributed by atoms with van der Waals surface area (Å²) in [6.45, 7) is 4.61. The minimum absolute atomic E-state index is 0.575. The van der Waals surface area contributed by atoms with Gasteiger partial charge in [0.2, 0.25) is 0 Å². The topological polar surface area (TPSA) is 17.8 Å². The number of hydrogen-bond acceptors (Lipinski definition) is 1. The number of imidazole rings is 1. The van der Waals surface area contributed by atoms with E-state index in [1.807, 2.05) is 6.20 Å². The van der Waals surface area contributed by atoms with E-state index in [0.717, 1.165) is 0 Å². The van der Waals surface area contributed by atoms with E-state index in [-0.39, 0.29) is 0 Å². The van der Waals surface area contributed by atoms with Gasteiger partial charge in [0.15, 0.2) is 0 Å². The van der Waals surface area contributed by atoms with Crippen molar-refractivity contribution in [1.82, 2.24) is 9.55 Å².